The Morgan fingerprint density at radius 1 is 0.906 bits per heavy atom. The Bertz CT molecular complexity index is 1190. The lowest BCUT2D eigenvalue weighted by atomic mass is 10.1. The topological polar surface area (TPSA) is 75.3 Å². The van der Waals surface area contributed by atoms with Crippen LogP contribution < -0.4 is 10.0 Å². The summed E-state index contributed by atoms with van der Waals surface area (Å²) in [5.41, 5.74) is 5.16. The van der Waals surface area contributed by atoms with Gasteiger partial charge in [-0.15, -0.1) is 0 Å². The van der Waals surface area contributed by atoms with E-state index in [-0.39, 0.29) is 10.8 Å². The summed E-state index contributed by atoms with van der Waals surface area (Å²) < 4.78 is 27.8. The van der Waals surface area contributed by atoms with Gasteiger partial charge in [0, 0.05) is 23.6 Å². The highest BCUT2D eigenvalue weighted by atomic mass is 32.2. The lowest BCUT2D eigenvalue weighted by Crippen LogP contribution is -2.26. The minimum Gasteiger partial charge on any atom is -0.351 e. The molecule has 0 aliphatic rings. The molecule has 0 heterocycles. The van der Waals surface area contributed by atoms with Crippen LogP contribution in [-0.4, -0.2) is 26.6 Å². The Hall–Kier alpha value is -2.77. The molecule has 3 aromatic carbocycles. The van der Waals surface area contributed by atoms with Gasteiger partial charge in [-0.2, -0.15) is 11.8 Å². The molecule has 0 aliphatic heterocycles. The Balaban J connectivity index is 1.52. The van der Waals surface area contributed by atoms with E-state index in [0.29, 0.717) is 23.4 Å². The van der Waals surface area contributed by atoms with Gasteiger partial charge in [0.05, 0.1) is 10.6 Å². The van der Waals surface area contributed by atoms with Crippen molar-refractivity contribution in [3.8, 4) is 0 Å². The second kappa shape index (κ2) is 10.7. The predicted molar refractivity (Wildman–Crippen MR) is 133 cm³/mol. The molecule has 7 heteroatoms. The van der Waals surface area contributed by atoms with Crippen molar-refractivity contribution in [2.24, 2.45) is 0 Å². The molecule has 0 fully saturated rings. The van der Waals surface area contributed by atoms with E-state index in [1.165, 1.54) is 11.1 Å². The number of amides is 1. The molecule has 0 aliphatic carbocycles. The maximum atomic E-state index is 12.6. The third-order valence-corrected chi connectivity index (χ3v) is 7.36. The van der Waals surface area contributed by atoms with Gasteiger partial charge in [0.1, 0.15) is 0 Å². The molecule has 0 saturated heterocycles. The molecule has 0 radical (unpaired) electrons. The Labute approximate surface area is 194 Å². The fraction of sp³-hybridized carbons (Fsp3) is 0.240. The van der Waals surface area contributed by atoms with Crippen LogP contribution >= 0.6 is 11.8 Å². The number of carbonyl (C=O) groups excluding carboxylic acids is 1. The molecule has 1 amide bonds. The Kier molecular flexibility index (Phi) is 7.99. The van der Waals surface area contributed by atoms with E-state index in [0.717, 1.165) is 17.1 Å². The molecule has 3 aromatic rings. The first-order valence-corrected chi connectivity index (χ1v) is 13.0. The molecule has 0 spiro atoms. The summed E-state index contributed by atoms with van der Waals surface area (Å²) >= 11 is 1.77. The van der Waals surface area contributed by atoms with Gasteiger partial charge in [0.15, 0.2) is 0 Å². The second-order valence-corrected chi connectivity index (χ2v) is 10.5. The molecular weight excluding hydrogens is 440 g/mol. The van der Waals surface area contributed by atoms with E-state index >= 15 is 0 Å². The predicted octanol–water partition coefficient (Wildman–Crippen LogP) is 5.08. The number of rotatable bonds is 9. The van der Waals surface area contributed by atoms with Crippen molar-refractivity contribution < 1.29 is 13.2 Å². The van der Waals surface area contributed by atoms with E-state index in [1.54, 1.807) is 61.2 Å². The van der Waals surface area contributed by atoms with E-state index < -0.39 is 10.0 Å². The van der Waals surface area contributed by atoms with Crippen molar-refractivity contribution in [3.63, 3.8) is 0 Å². The fourth-order valence-corrected chi connectivity index (χ4v) is 5.11. The number of anilines is 1. The minimum absolute atomic E-state index is 0.169. The van der Waals surface area contributed by atoms with Gasteiger partial charge >= 0.3 is 0 Å². The first kappa shape index (κ1) is 23.9. The SMILES string of the molecule is Cc1ccc(S(=O)(=O)Nc2ccc(C(=O)NCCSCc3cccc(C)c3)cc2C)cc1. The van der Waals surface area contributed by atoms with Crippen LogP contribution in [0.4, 0.5) is 5.69 Å². The van der Waals surface area contributed by atoms with Crippen LogP contribution in [0.5, 0.6) is 0 Å². The van der Waals surface area contributed by atoms with Gasteiger partial charge in [-0.05, 0) is 62.2 Å². The van der Waals surface area contributed by atoms with E-state index in [2.05, 4.69) is 41.2 Å². The molecule has 0 atom stereocenters. The molecular formula is C25H28N2O3S2. The largest absolute Gasteiger partial charge is 0.351 e. The molecule has 0 bridgehead atoms. The summed E-state index contributed by atoms with van der Waals surface area (Å²) in [6, 6.07) is 20.0. The smallest absolute Gasteiger partial charge is 0.261 e. The second-order valence-electron chi connectivity index (χ2n) is 7.75. The summed E-state index contributed by atoms with van der Waals surface area (Å²) in [5.74, 6) is 1.55. The summed E-state index contributed by atoms with van der Waals surface area (Å²) in [6.45, 7) is 6.33. The lowest BCUT2D eigenvalue weighted by Gasteiger charge is -2.12. The third-order valence-electron chi connectivity index (χ3n) is 4.95. The van der Waals surface area contributed by atoms with Crippen LogP contribution in [0.2, 0.25) is 0 Å². The average Bonchev–Trinajstić information content (AvgIpc) is 2.75. The summed E-state index contributed by atoms with van der Waals surface area (Å²) in [5, 5.41) is 2.92. The molecule has 168 valence electrons. The van der Waals surface area contributed by atoms with Gasteiger partial charge in [-0.1, -0.05) is 47.5 Å². The van der Waals surface area contributed by atoms with Gasteiger partial charge in [0.25, 0.3) is 15.9 Å². The number of benzene rings is 3. The molecule has 5 nitrogen and oxygen atoms in total. The molecule has 32 heavy (non-hydrogen) atoms. The quantitative estimate of drug-likeness (QED) is 0.430. The first-order chi connectivity index (χ1) is 15.2. The molecule has 3 rings (SSSR count). The summed E-state index contributed by atoms with van der Waals surface area (Å²) in [4.78, 5) is 12.7. The van der Waals surface area contributed by atoms with E-state index in [9.17, 15) is 13.2 Å². The van der Waals surface area contributed by atoms with Crippen molar-refractivity contribution in [2.75, 3.05) is 17.0 Å². The van der Waals surface area contributed by atoms with E-state index in [4.69, 9.17) is 0 Å². The number of thioether (sulfide) groups is 1. The van der Waals surface area contributed by atoms with Crippen molar-refractivity contribution in [1.29, 1.82) is 0 Å². The summed E-state index contributed by atoms with van der Waals surface area (Å²) in [7, 11) is -3.69. The minimum atomic E-state index is -3.69. The zero-order valence-corrected chi connectivity index (χ0v) is 20.1. The van der Waals surface area contributed by atoms with E-state index in [1.807, 2.05) is 6.92 Å². The van der Waals surface area contributed by atoms with Gasteiger partial charge in [-0.3, -0.25) is 9.52 Å². The molecule has 2 N–H and O–H groups in total. The van der Waals surface area contributed by atoms with Gasteiger partial charge in [0.2, 0.25) is 0 Å². The Morgan fingerprint density at radius 2 is 1.66 bits per heavy atom. The van der Waals surface area contributed by atoms with Crippen LogP contribution in [0.3, 0.4) is 0 Å². The zero-order valence-electron chi connectivity index (χ0n) is 18.5. The van der Waals surface area contributed by atoms with Crippen molar-refractivity contribution in [2.45, 2.75) is 31.4 Å². The van der Waals surface area contributed by atoms with Crippen LogP contribution in [-0.2, 0) is 15.8 Å². The van der Waals surface area contributed by atoms with Crippen molar-refractivity contribution in [1.82, 2.24) is 5.32 Å². The van der Waals surface area contributed by atoms with Crippen LogP contribution in [0.25, 0.3) is 0 Å². The van der Waals surface area contributed by atoms with Crippen LogP contribution in [0, 0.1) is 20.8 Å². The molecule has 0 aromatic heterocycles. The number of carbonyl (C=O) groups is 1. The number of sulfonamides is 1. The maximum absolute atomic E-state index is 12.6. The molecule has 0 saturated carbocycles. The third kappa shape index (κ3) is 6.61. The average molecular weight is 469 g/mol. The standard InChI is InChI=1S/C25H28N2O3S2/c1-18-7-10-23(11-8-18)32(29,30)27-24-12-9-22(16-20(24)3)25(28)26-13-14-31-17-21-6-4-5-19(2)15-21/h4-12,15-16,27H,13-14,17H2,1-3H3,(H,26,28). The maximum Gasteiger partial charge on any atom is 0.261 e. The highest BCUT2D eigenvalue weighted by molar-refractivity contribution is 7.98. The highest BCUT2D eigenvalue weighted by Crippen LogP contribution is 2.21. The normalized spacial score (nSPS) is 11.2. The van der Waals surface area contributed by atoms with Gasteiger partial charge in [-0.25, -0.2) is 8.42 Å². The number of hydrogen-bond acceptors (Lipinski definition) is 4. The van der Waals surface area contributed by atoms with Crippen LogP contribution in [0.1, 0.15) is 32.6 Å². The Morgan fingerprint density at radius 3 is 2.34 bits per heavy atom. The zero-order chi connectivity index (χ0) is 23.1. The van der Waals surface area contributed by atoms with Crippen LogP contribution in [0.15, 0.2) is 71.6 Å². The van der Waals surface area contributed by atoms with Gasteiger partial charge < -0.3 is 5.32 Å². The highest BCUT2D eigenvalue weighted by Gasteiger charge is 2.16. The number of hydrogen-bond donors (Lipinski definition) is 2. The molecule has 0 unspecified atom stereocenters. The number of nitrogens with one attached hydrogen (secondary N) is 2. The lowest BCUT2D eigenvalue weighted by molar-refractivity contribution is 0.0956. The monoisotopic (exact) mass is 468 g/mol. The summed E-state index contributed by atoms with van der Waals surface area (Å²) in [6.07, 6.45) is 0. The van der Waals surface area contributed by atoms with Crippen molar-refractivity contribution in [3.05, 3.63) is 94.5 Å². The first-order valence-electron chi connectivity index (χ1n) is 10.4. The number of aryl methyl sites for hydroxylation is 3. The fourth-order valence-electron chi connectivity index (χ4n) is 3.17. The van der Waals surface area contributed by atoms with Crippen molar-refractivity contribution >= 4 is 33.4 Å².